The zero-order valence-electron chi connectivity index (χ0n) is 16.0. The summed E-state index contributed by atoms with van der Waals surface area (Å²) in [7, 11) is 1.56. The Labute approximate surface area is 172 Å². The van der Waals surface area contributed by atoms with E-state index in [1.54, 1.807) is 23.8 Å². The smallest absolute Gasteiger partial charge is 0.231 e. The molecule has 9 heteroatoms. The molecule has 0 bridgehead atoms. The fraction of sp³-hybridized carbons (Fsp3) is 0.300. The molecule has 8 nitrogen and oxygen atoms in total. The van der Waals surface area contributed by atoms with Gasteiger partial charge in [-0.2, -0.15) is 4.52 Å². The molecular weight excluding hydrogens is 392 g/mol. The zero-order chi connectivity index (χ0) is 20.2. The largest absolute Gasteiger partial charge is 0.480 e. The number of carbonyl (C=O) groups excluding carboxylic acids is 1. The first kappa shape index (κ1) is 19.2. The molecule has 3 heterocycles. The molecule has 0 radical (unpaired) electrons. The van der Waals surface area contributed by atoms with Crippen molar-refractivity contribution in [2.45, 2.75) is 25.7 Å². The van der Waals surface area contributed by atoms with Gasteiger partial charge in [0, 0.05) is 47.6 Å². The molecule has 4 rings (SSSR count). The van der Waals surface area contributed by atoms with Gasteiger partial charge in [0.25, 0.3) is 0 Å². The van der Waals surface area contributed by atoms with Gasteiger partial charge in [0.05, 0.1) is 7.11 Å². The normalized spacial score (nSPS) is 11.2. The minimum Gasteiger partial charge on any atom is -0.480 e. The van der Waals surface area contributed by atoms with Crippen LogP contribution in [0.4, 0.5) is 0 Å². The molecule has 1 amide bonds. The number of aromatic nitrogens is 5. The quantitative estimate of drug-likeness (QED) is 0.463. The van der Waals surface area contributed by atoms with E-state index in [-0.39, 0.29) is 5.91 Å². The minimum absolute atomic E-state index is 0.0160. The Hall–Kier alpha value is -3.13. The highest BCUT2D eigenvalue weighted by Crippen LogP contribution is 2.22. The van der Waals surface area contributed by atoms with E-state index >= 15 is 0 Å². The maximum Gasteiger partial charge on any atom is 0.231 e. The lowest BCUT2D eigenvalue weighted by Gasteiger charge is -2.05. The van der Waals surface area contributed by atoms with Gasteiger partial charge in [0.15, 0.2) is 11.5 Å². The Kier molecular flexibility index (Phi) is 5.62. The third kappa shape index (κ3) is 4.32. The van der Waals surface area contributed by atoms with E-state index in [1.165, 1.54) is 0 Å². The van der Waals surface area contributed by atoms with Crippen LogP contribution in [0.25, 0.3) is 16.6 Å². The van der Waals surface area contributed by atoms with E-state index in [4.69, 9.17) is 16.3 Å². The molecule has 1 aromatic carbocycles. The average molecular weight is 413 g/mol. The second-order valence-electron chi connectivity index (χ2n) is 6.72. The third-order valence-corrected chi connectivity index (χ3v) is 5.00. The predicted molar refractivity (Wildman–Crippen MR) is 110 cm³/mol. The number of hydrogen-bond donors (Lipinski definition) is 2. The Morgan fingerprint density at radius 2 is 2.14 bits per heavy atom. The Balaban J connectivity index is 1.26. The van der Waals surface area contributed by atoms with Crippen molar-refractivity contribution >= 4 is 34.1 Å². The number of carbonyl (C=O) groups is 1. The lowest BCUT2D eigenvalue weighted by atomic mass is 10.1. The Morgan fingerprint density at radius 1 is 1.24 bits per heavy atom. The van der Waals surface area contributed by atoms with Gasteiger partial charge in [-0.15, -0.1) is 15.3 Å². The summed E-state index contributed by atoms with van der Waals surface area (Å²) in [4.78, 5) is 15.4. The fourth-order valence-corrected chi connectivity index (χ4v) is 3.44. The zero-order valence-corrected chi connectivity index (χ0v) is 16.7. The second-order valence-corrected chi connectivity index (χ2v) is 7.16. The molecule has 4 aromatic rings. The van der Waals surface area contributed by atoms with Crippen molar-refractivity contribution in [1.82, 2.24) is 30.1 Å². The number of benzene rings is 1. The van der Waals surface area contributed by atoms with E-state index in [1.807, 2.05) is 24.4 Å². The molecule has 0 aliphatic rings. The van der Waals surface area contributed by atoms with Gasteiger partial charge in [-0.3, -0.25) is 4.79 Å². The highest BCUT2D eigenvalue weighted by atomic mass is 35.5. The number of methoxy groups -OCH3 is 1. The van der Waals surface area contributed by atoms with Crippen LogP contribution in [0.15, 0.2) is 36.5 Å². The first-order chi connectivity index (χ1) is 14.1. The predicted octanol–water partition coefficient (Wildman–Crippen LogP) is 2.95. The summed E-state index contributed by atoms with van der Waals surface area (Å²) in [5.74, 6) is 1.22. The van der Waals surface area contributed by atoms with Gasteiger partial charge in [0.2, 0.25) is 11.8 Å². The van der Waals surface area contributed by atoms with E-state index < -0.39 is 0 Å². The maximum absolute atomic E-state index is 12.2. The van der Waals surface area contributed by atoms with Crippen molar-refractivity contribution in [3.05, 3.63) is 52.9 Å². The van der Waals surface area contributed by atoms with Crippen LogP contribution < -0.4 is 10.1 Å². The van der Waals surface area contributed by atoms with Gasteiger partial charge in [0.1, 0.15) is 0 Å². The third-order valence-electron chi connectivity index (χ3n) is 4.76. The van der Waals surface area contributed by atoms with E-state index in [9.17, 15) is 4.79 Å². The molecule has 0 unspecified atom stereocenters. The number of aromatic amines is 1. The van der Waals surface area contributed by atoms with Crippen molar-refractivity contribution in [1.29, 1.82) is 0 Å². The molecule has 2 N–H and O–H groups in total. The first-order valence-corrected chi connectivity index (χ1v) is 9.79. The maximum atomic E-state index is 12.2. The number of nitrogens with zero attached hydrogens (tertiary/aromatic N) is 4. The fourth-order valence-electron chi connectivity index (χ4n) is 3.27. The number of fused-ring (bicyclic) bond motifs is 2. The highest BCUT2D eigenvalue weighted by Gasteiger charge is 2.10. The molecule has 150 valence electrons. The number of hydrogen-bond acceptors (Lipinski definition) is 5. The van der Waals surface area contributed by atoms with E-state index in [2.05, 4.69) is 25.6 Å². The molecular formula is C20H21ClN6O2. The Bertz CT molecular complexity index is 1150. The topological polar surface area (TPSA) is 97.2 Å². The summed E-state index contributed by atoms with van der Waals surface area (Å²) in [5, 5.41) is 17.3. The molecule has 0 saturated carbocycles. The van der Waals surface area contributed by atoms with Crippen LogP contribution in [0.2, 0.25) is 5.02 Å². The number of aryl methyl sites for hydroxylation is 1. The summed E-state index contributed by atoms with van der Waals surface area (Å²) in [6.45, 7) is 0.574. The SMILES string of the molecule is COc1ccc2nnc(CCCC(=O)NCCc3c[nH]c4ccc(Cl)cc34)n2n1. The lowest BCUT2D eigenvalue weighted by molar-refractivity contribution is -0.121. The van der Waals surface area contributed by atoms with Crippen LogP contribution in [-0.2, 0) is 17.6 Å². The van der Waals surface area contributed by atoms with Crippen LogP contribution in [0.1, 0.15) is 24.2 Å². The van der Waals surface area contributed by atoms with Crippen molar-refractivity contribution in [3.8, 4) is 5.88 Å². The average Bonchev–Trinajstić information content (AvgIpc) is 3.31. The van der Waals surface area contributed by atoms with Gasteiger partial charge < -0.3 is 15.0 Å². The molecule has 0 fully saturated rings. The number of nitrogens with one attached hydrogen (secondary N) is 2. The van der Waals surface area contributed by atoms with Crippen LogP contribution in [0, 0.1) is 0 Å². The van der Waals surface area contributed by atoms with Gasteiger partial charge in [-0.05, 0) is 42.7 Å². The Morgan fingerprint density at radius 3 is 3.00 bits per heavy atom. The van der Waals surface area contributed by atoms with Gasteiger partial charge in [-0.25, -0.2) is 0 Å². The first-order valence-electron chi connectivity index (χ1n) is 9.41. The minimum atomic E-state index is 0.0160. The molecule has 0 saturated heterocycles. The lowest BCUT2D eigenvalue weighted by Crippen LogP contribution is -2.25. The van der Waals surface area contributed by atoms with Gasteiger partial charge >= 0.3 is 0 Å². The molecule has 3 aromatic heterocycles. The molecule has 29 heavy (non-hydrogen) atoms. The van der Waals surface area contributed by atoms with E-state index in [0.29, 0.717) is 48.2 Å². The highest BCUT2D eigenvalue weighted by molar-refractivity contribution is 6.31. The summed E-state index contributed by atoms with van der Waals surface area (Å²) >= 11 is 6.08. The van der Waals surface area contributed by atoms with E-state index in [0.717, 1.165) is 22.9 Å². The van der Waals surface area contributed by atoms with Crippen LogP contribution >= 0.6 is 11.6 Å². The molecule has 0 spiro atoms. The standard InChI is InChI=1S/C20H21ClN6O2/c1-29-20-8-7-18-25-24-17(27(18)26-20)3-2-4-19(28)22-10-9-13-12-23-16-6-5-14(21)11-15(13)16/h5-8,11-12,23H,2-4,9-10H2,1H3,(H,22,28). The summed E-state index contributed by atoms with van der Waals surface area (Å²) in [5.41, 5.74) is 2.84. The van der Waals surface area contributed by atoms with Crippen molar-refractivity contribution < 1.29 is 9.53 Å². The summed E-state index contributed by atoms with van der Waals surface area (Å²) in [6, 6.07) is 9.29. The number of halogens is 1. The number of ether oxygens (including phenoxy) is 1. The summed E-state index contributed by atoms with van der Waals surface area (Å²) in [6.07, 6.45) is 4.39. The molecule has 0 atom stereocenters. The van der Waals surface area contributed by atoms with Gasteiger partial charge in [-0.1, -0.05) is 11.6 Å². The van der Waals surface area contributed by atoms with Crippen molar-refractivity contribution in [2.24, 2.45) is 0 Å². The van der Waals surface area contributed by atoms with Crippen LogP contribution in [-0.4, -0.2) is 44.4 Å². The summed E-state index contributed by atoms with van der Waals surface area (Å²) < 4.78 is 6.79. The van der Waals surface area contributed by atoms with Crippen LogP contribution in [0.5, 0.6) is 5.88 Å². The monoisotopic (exact) mass is 412 g/mol. The molecule has 0 aliphatic carbocycles. The van der Waals surface area contributed by atoms with Crippen molar-refractivity contribution in [3.63, 3.8) is 0 Å². The number of amides is 1. The van der Waals surface area contributed by atoms with Crippen LogP contribution in [0.3, 0.4) is 0 Å². The second kappa shape index (κ2) is 8.48. The number of H-pyrrole nitrogens is 1. The van der Waals surface area contributed by atoms with Crippen molar-refractivity contribution in [2.75, 3.05) is 13.7 Å². The molecule has 0 aliphatic heterocycles. The number of rotatable bonds is 8.